The van der Waals surface area contributed by atoms with Crippen molar-refractivity contribution in [2.24, 2.45) is 7.05 Å². The van der Waals surface area contributed by atoms with Gasteiger partial charge in [-0.05, 0) is 35.7 Å². The van der Waals surface area contributed by atoms with Crippen LogP contribution in [-0.2, 0) is 7.05 Å². The monoisotopic (exact) mass is 293 g/mol. The third-order valence-corrected chi connectivity index (χ3v) is 4.29. The number of aromatic nitrogens is 3. The van der Waals surface area contributed by atoms with Crippen molar-refractivity contribution in [3.8, 4) is 0 Å². The highest BCUT2D eigenvalue weighted by Crippen LogP contribution is 2.34. The molecule has 0 aliphatic heterocycles. The molecule has 1 fully saturated rings. The van der Waals surface area contributed by atoms with E-state index < -0.39 is 0 Å². The van der Waals surface area contributed by atoms with Crippen molar-refractivity contribution in [3.05, 3.63) is 22.2 Å². The largest absolute Gasteiger partial charge is 0.334 e. The number of hydrogen-bond acceptors (Lipinski definition) is 2. The van der Waals surface area contributed by atoms with Gasteiger partial charge in [0, 0.05) is 23.6 Å². The second-order valence-corrected chi connectivity index (χ2v) is 5.79. The standard InChI is InChI=1S/C13H16BrN3/c1-8-11-10(14)7-17(2)13(11)16-12(15-8)9-5-3-4-6-9/h7,9H,3-6H2,1-2H3. The number of rotatable bonds is 1. The molecule has 3 nitrogen and oxygen atoms in total. The van der Waals surface area contributed by atoms with Crippen LogP contribution in [0.15, 0.2) is 10.7 Å². The van der Waals surface area contributed by atoms with Crippen LogP contribution in [0.4, 0.5) is 0 Å². The lowest BCUT2D eigenvalue weighted by molar-refractivity contribution is 0.666. The second-order valence-electron chi connectivity index (χ2n) is 4.94. The molecule has 0 spiro atoms. The molecule has 90 valence electrons. The average molecular weight is 294 g/mol. The van der Waals surface area contributed by atoms with Crippen LogP contribution >= 0.6 is 15.9 Å². The van der Waals surface area contributed by atoms with Gasteiger partial charge < -0.3 is 4.57 Å². The molecule has 17 heavy (non-hydrogen) atoms. The van der Waals surface area contributed by atoms with E-state index in [1.807, 2.05) is 7.05 Å². The number of hydrogen-bond donors (Lipinski definition) is 0. The third-order valence-electron chi connectivity index (χ3n) is 3.69. The van der Waals surface area contributed by atoms with Crippen LogP contribution in [0.1, 0.15) is 43.1 Å². The Labute approximate surface area is 109 Å². The van der Waals surface area contributed by atoms with Gasteiger partial charge in [-0.15, -0.1) is 0 Å². The minimum absolute atomic E-state index is 0.576. The molecule has 2 heterocycles. The Hall–Kier alpha value is -0.900. The zero-order valence-corrected chi connectivity index (χ0v) is 11.8. The normalized spacial score (nSPS) is 17.1. The number of nitrogens with zero attached hydrogens (tertiary/aromatic N) is 3. The highest BCUT2D eigenvalue weighted by Gasteiger charge is 2.22. The van der Waals surface area contributed by atoms with E-state index in [1.165, 1.54) is 25.7 Å². The summed E-state index contributed by atoms with van der Waals surface area (Å²) < 4.78 is 3.16. The predicted molar refractivity (Wildman–Crippen MR) is 72.2 cm³/mol. The summed E-state index contributed by atoms with van der Waals surface area (Å²) in [6, 6.07) is 0. The quantitative estimate of drug-likeness (QED) is 0.803. The molecule has 1 aliphatic rings. The Balaban J connectivity index is 2.19. The molecule has 1 saturated carbocycles. The Morgan fingerprint density at radius 3 is 2.71 bits per heavy atom. The number of fused-ring (bicyclic) bond motifs is 1. The van der Waals surface area contributed by atoms with E-state index in [2.05, 4.69) is 33.6 Å². The first-order valence-electron chi connectivity index (χ1n) is 6.16. The molecule has 0 N–H and O–H groups in total. The fourth-order valence-electron chi connectivity index (χ4n) is 2.78. The molecule has 0 atom stereocenters. The predicted octanol–water partition coefficient (Wildman–Crippen LogP) is 3.70. The minimum atomic E-state index is 0.576. The second kappa shape index (κ2) is 4.09. The molecule has 2 aromatic rings. The average Bonchev–Trinajstić information content (AvgIpc) is 2.88. The van der Waals surface area contributed by atoms with E-state index in [0.29, 0.717) is 5.92 Å². The Morgan fingerprint density at radius 1 is 1.29 bits per heavy atom. The maximum absolute atomic E-state index is 4.76. The van der Waals surface area contributed by atoms with E-state index in [-0.39, 0.29) is 0 Å². The Bertz CT molecular complexity index is 568. The molecule has 2 aromatic heterocycles. The smallest absolute Gasteiger partial charge is 0.144 e. The Kier molecular flexibility index (Phi) is 2.69. The SMILES string of the molecule is Cc1nc(C2CCCC2)nc2c1c(Br)cn2C. The van der Waals surface area contributed by atoms with Crippen molar-refractivity contribution in [2.45, 2.75) is 38.5 Å². The van der Waals surface area contributed by atoms with E-state index in [0.717, 1.165) is 27.0 Å². The topological polar surface area (TPSA) is 30.7 Å². The summed E-state index contributed by atoms with van der Waals surface area (Å²) in [6.45, 7) is 2.08. The van der Waals surface area contributed by atoms with Crippen LogP contribution in [0.5, 0.6) is 0 Å². The summed E-state index contributed by atoms with van der Waals surface area (Å²) in [7, 11) is 2.04. The highest BCUT2D eigenvalue weighted by atomic mass is 79.9. The van der Waals surface area contributed by atoms with Gasteiger partial charge in [-0.2, -0.15) is 0 Å². The Morgan fingerprint density at radius 2 is 2.00 bits per heavy atom. The first-order chi connectivity index (χ1) is 8.16. The molecule has 0 unspecified atom stereocenters. The zero-order chi connectivity index (χ0) is 12.0. The molecule has 0 radical (unpaired) electrons. The van der Waals surface area contributed by atoms with Crippen LogP contribution in [0.25, 0.3) is 11.0 Å². The molecule has 4 heteroatoms. The van der Waals surface area contributed by atoms with Gasteiger partial charge >= 0.3 is 0 Å². The number of aryl methyl sites for hydroxylation is 2. The molecule has 3 rings (SSSR count). The van der Waals surface area contributed by atoms with Gasteiger partial charge in [0.15, 0.2) is 0 Å². The first kappa shape index (κ1) is 11.2. The van der Waals surface area contributed by atoms with E-state index >= 15 is 0 Å². The van der Waals surface area contributed by atoms with E-state index in [9.17, 15) is 0 Å². The summed E-state index contributed by atoms with van der Waals surface area (Å²) in [5, 5.41) is 1.15. The van der Waals surface area contributed by atoms with Gasteiger partial charge in [0.25, 0.3) is 0 Å². The van der Waals surface area contributed by atoms with Gasteiger partial charge in [0.05, 0.1) is 11.1 Å². The maximum Gasteiger partial charge on any atom is 0.144 e. The fourth-order valence-corrected chi connectivity index (χ4v) is 3.55. The van der Waals surface area contributed by atoms with Crippen molar-refractivity contribution in [1.82, 2.24) is 14.5 Å². The van der Waals surface area contributed by atoms with Gasteiger partial charge in [-0.1, -0.05) is 12.8 Å². The fraction of sp³-hybridized carbons (Fsp3) is 0.538. The van der Waals surface area contributed by atoms with Gasteiger partial charge in [-0.25, -0.2) is 9.97 Å². The van der Waals surface area contributed by atoms with Gasteiger partial charge in [0.1, 0.15) is 11.5 Å². The van der Waals surface area contributed by atoms with Crippen LogP contribution in [0.2, 0.25) is 0 Å². The van der Waals surface area contributed by atoms with Gasteiger partial charge in [-0.3, -0.25) is 0 Å². The van der Waals surface area contributed by atoms with Crippen molar-refractivity contribution in [1.29, 1.82) is 0 Å². The van der Waals surface area contributed by atoms with Crippen LogP contribution < -0.4 is 0 Å². The van der Waals surface area contributed by atoms with E-state index in [4.69, 9.17) is 9.97 Å². The summed E-state index contributed by atoms with van der Waals surface area (Å²) in [5.74, 6) is 1.62. The number of halogens is 1. The van der Waals surface area contributed by atoms with E-state index in [1.54, 1.807) is 0 Å². The summed E-state index contributed by atoms with van der Waals surface area (Å²) in [4.78, 5) is 9.46. The molecular weight excluding hydrogens is 278 g/mol. The summed E-state index contributed by atoms with van der Waals surface area (Å²) >= 11 is 3.58. The van der Waals surface area contributed by atoms with Crippen LogP contribution in [0, 0.1) is 6.92 Å². The van der Waals surface area contributed by atoms with Gasteiger partial charge in [0.2, 0.25) is 0 Å². The van der Waals surface area contributed by atoms with Crippen LogP contribution in [0.3, 0.4) is 0 Å². The zero-order valence-electron chi connectivity index (χ0n) is 10.2. The lowest BCUT2D eigenvalue weighted by Gasteiger charge is -2.09. The summed E-state index contributed by atoms with van der Waals surface area (Å²) in [5.41, 5.74) is 2.13. The molecule has 0 amide bonds. The highest BCUT2D eigenvalue weighted by molar-refractivity contribution is 9.10. The minimum Gasteiger partial charge on any atom is -0.334 e. The molecule has 0 bridgehead atoms. The van der Waals surface area contributed by atoms with Crippen molar-refractivity contribution < 1.29 is 0 Å². The lowest BCUT2D eigenvalue weighted by atomic mass is 10.1. The maximum atomic E-state index is 4.76. The molecule has 0 aromatic carbocycles. The third kappa shape index (κ3) is 1.79. The molecule has 0 saturated heterocycles. The first-order valence-corrected chi connectivity index (χ1v) is 6.95. The lowest BCUT2D eigenvalue weighted by Crippen LogP contribution is -2.04. The summed E-state index contributed by atoms with van der Waals surface area (Å²) in [6.07, 6.45) is 7.20. The molecule has 1 aliphatic carbocycles. The van der Waals surface area contributed by atoms with Crippen LogP contribution in [-0.4, -0.2) is 14.5 Å². The van der Waals surface area contributed by atoms with Crippen molar-refractivity contribution >= 4 is 27.0 Å². The molecular formula is C13H16BrN3. The van der Waals surface area contributed by atoms with Crippen molar-refractivity contribution in [2.75, 3.05) is 0 Å². The van der Waals surface area contributed by atoms with Crippen molar-refractivity contribution in [3.63, 3.8) is 0 Å².